The lowest BCUT2D eigenvalue weighted by Crippen LogP contribution is -2.26. The summed E-state index contributed by atoms with van der Waals surface area (Å²) in [4.78, 5) is 0. The third-order valence-electron chi connectivity index (χ3n) is 4.03. The molecule has 0 amide bonds. The van der Waals surface area contributed by atoms with E-state index in [4.69, 9.17) is 23.2 Å². The van der Waals surface area contributed by atoms with Crippen LogP contribution in [0.2, 0.25) is 10.0 Å². The quantitative estimate of drug-likeness (QED) is 0.852. The average Bonchev–Trinajstić information content (AvgIpc) is 2.34. The molecule has 0 saturated heterocycles. The Hall–Kier alpha value is -0.240. The van der Waals surface area contributed by atoms with Crippen LogP contribution < -0.4 is 0 Å². The topological polar surface area (TPSA) is 20.2 Å². The van der Waals surface area contributed by atoms with Gasteiger partial charge in [-0.15, -0.1) is 0 Å². The number of hydrogen-bond acceptors (Lipinski definition) is 1. The standard InChI is InChI=1S/C15H20Cl2O/c1-10-2-5-12(6-3-10)15(18)9-11-4-7-13(16)14(17)8-11/h4,7-8,10,12,15,18H,2-3,5-6,9H2,1H3. The van der Waals surface area contributed by atoms with Crippen LogP contribution in [-0.4, -0.2) is 11.2 Å². The van der Waals surface area contributed by atoms with Crippen molar-refractivity contribution in [3.05, 3.63) is 33.8 Å². The van der Waals surface area contributed by atoms with Crippen molar-refractivity contribution in [1.29, 1.82) is 0 Å². The Labute approximate surface area is 119 Å². The molecule has 0 aliphatic heterocycles. The molecule has 100 valence electrons. The number of halogens is 2. The van der Waals surface area contributed by atoms with Gasteiger partial charge in [0.15, 0.2) is 0 Å². The third-order valence-corrected chi connectivity index (χ3v) is 4.77. The Morgan fingerprint density at radius 2 is 1.83 bits per heavy atom. The van der Waals surface area contributed by atoms with Crippen molar-refractivity contribution in [3.8, 4) is 0 Å². The number of aliphatic hydroxyl groups is 1. The molecule has 18 heavy (non-hydrogen) atoms. The second kappa shape index (κ2) is 6.27. The first-order valence-electron chi connectivity index (χ1n) is 6.68. The molecular formula is C15H20Cl2O. The molecule has 1 unspecified atom stereocenters. The van der Waals surface area contributed by atoms with Gasteiger partial charge in [-0.05, 0) is 48.8 Å². The summed E-state index contributed by atoms with van der Waals surface area (Å²) in [5.41, 5.74) is 1.07. The molecule has 1 saturated carbocycles. The van der Waals surface area contributed by atoms with Gasteiger partial charge in [0.1, 0.15) is 0 Å². The van der Waals surface area contributed by atoms with Crippen molar-refractivity contribution in [1.82, 2.24) is 0 Å². The van der Waals surface area contributed by atoms with Crippen LogP contribution >= 0.6 is 23.2 Å². The number of rotatable bonds is 3. The second-order valence-corrected chi connectivity index (χ2v) is 6.35. The highest BCUT2D eigenvalue weighted by molar-refractivity contribution is 6.42. The zero-order valence-electron chi connectivity index (χ0n) is 10.7. The molecule has 1 aromatic carbocycles. The van der Waals surface area contributed by atoms with Crippen molar-refractivity contribution in [3.63, 3.8) is 0 Å². The molecule has 1 aliphatic rings. The van der Waals surface area contributed by atoms with Gasteiger partial charge in [0.2, 0.25) is 0 Å². The van der Waals surface area contributed by atoms with Crippen molar-refractivity contribution in [2.24, 2.45) is 11.8 Å². The third kappa shape index (κ3) is 3.63. The normalized spacial score (nSPS) is 26.0. The zero-order chi connectivity index (χ0) is 13.1. The van der Waals surface area contributed by atoms with E-state index in [2.05, 4.69) is 6.92 Å². The predicted molar refractivity (Wildman–Crippen MR) is 77.3 cm³/mol. The van der Waals surface area contributed by atoms with Crippen LogP contribution in [0, 0.1) is 11.8 Å². The molecule has 1 fully saturated rings. The first kappa shape index (κ1) is 14.2. The summed E-state index contributed by atoms with van der Waals surface area (Å²) in [5.74, 6) is 1.26. The molecule has 0 radical (unpaired) electrons. The Kier molecular flexibility index (Phi) is 4.94. The van der Waals surface area contributed by atoms with E-state index in [9.17, 15) is 5.11 Å². The van der Waals surface area contributed by atoms with Gasteiger partial charge in [-0.25, -0.2) is 0 Å². The van der Waals surface area contributed by atoms with E-state index in [1.54, 1.807) is 6.07 Å². The van der Waals surface area contributed by atoms with E-state index < -0.39 is 0 Å². The first-order valence-corrected chi connectivity index (χ1v) is 7.44. The summed E-state index contributed by atoms with van der Waals surface area (Å²) in [5, 5.41) is 11.4. The second-order valence-electron chi connectivity index (χ2n) is 5.54. The number of benzene rings is 1. The van der Waals surface area contributed by atoms with Crippen LogP contribution in [-0.2, 0) is 6.42 Å². The lowest BCUT2D eigenvalue weighted by atomic mass is 9.79. The fraction of sp³-hybridized carbons (Fsp3) is 0.600. The Balaban J connectivity index is 1.94. The van der Waals surface area contributed by atoms with Crippen molar-refractivity contribution >= 4 is 23.2 Å². The van der Waals surface area contributed by atoms with Crippen molar-refractivity contribution in [2.75, 3.05) is 0 Å². The van der Waals surface area contributed by atoms with Crippen LogP contribution in [0.5, 0.6) is 0 Å². The van der Waals surface area contributed by atoms with Gasteiger partial charge >= 0.3 is 0 Å². The maximum absolute atomic E-state index is 10.3. The SMILES string of the molecule is CC1CCC(C(O)Cc2ccc(Cl)c(Cl)c2)CC1. The van der Waals surface area contributed by atoms with E-state index in [1.165, 1.54) is 12.8 Å². The molecule has 2 rings (SSSR count). The predicted octanol–water partition coefficient (Wildman–Crippen LogP) is 4.72. The first-order chi connectivity index (χ1) is 8.56. The van der Waals surface area contributed by atoms with Gasteiger partial charge in [0, 0.05) is 0 Å². The van der Waals surface area contributed by atoms with Gasteiger partial charge in [-0.3, -0.25) is 0 Å². The molecule has 1 aromatic rings. The molecule has 0 spiro atoms. The fourth-order valence-corrected chi connectivity index (χ4v) is 3.07. The average molecular weight is 287 g/mol. The molecule has 1 nitrogen and oxygen atoms in total. The number of aliphatic hydroxyl groups excluding tert-OH is 1. The summed E-state index contributed by atoms with van der Waals surface area (Å²) in [6.07, 6.45) is 5.19. The maximum atomic E-state index is 10.3. The largest absolute Gasteiger partial charge is 0.392 e. The van der Waals surface area contributed by atoms with Gasteiger partial charge < -0.3 is 5.11 Å². The summed E-state index contributed by atoms with van der Waals surface area (Å²) in [6, 6.07) is 5.61. The summed E-state index contributed by atoms with van der Waals surface area (Å²) >= 11 is 11.9. The van der Waals surface area contributed by atoms with Crippen molar-refractivity contribution < 1.29 is 5.11 Å². The van der Waals surface area contributed by atoms with E-state index in [-0.39, 0.29) is 6.10 Å². The molecule has 1 aliphatic carbocycles. The lowest BCUT2D eigenvalue weighted by Gasteiger charge is -2.30. The highest BCUT2D eigenvalue weighted by Gasteiger charge is 2.24. The summed E-state index contributed by atoms with van der Waals surface area (Å²) < 4.78 is 0. The zero-order valence-corrected chi connectivity index (χ0v) is 12.2. The summed E-state index contributed by atoms with van der Waals surface area (Å²) in [6.45, 7) is 2.29. The maximum Gasteiger partial charge on any atom is 0.0608 e. The highest BCUT2D eigenvalue weighted by atomic mass is 35.5. The van der Waals surface area contributed by atoms with Gasteiger partial charge in [-0.1, -0.05) is 49.0 Å². The fourth-order valence-electron chi connectivity index (χ4n) is 2.75. The van der Waals surface area contributed by atoms with E-state index in [1.807, 2.05) is 12.1 Å². The van der Waals surface area contributed by atoms with E-state index in [0.29, 0.717) is 22.4 Å². The monoisotopic (exact) mass is 286 g/mol. The summed E-state index contributed by atoms with van der Waals surface area (Å²) in [7, 11) is 0. The minimum atomic E-state index is -0.255. The Morgan fingerprint density at radius 1 is 1.17 bits per heavy atom. The van der Waals surface area contributed by atoms with Gasteiger partial charge in [0.05, 0.1) is 16.1 Å². The molecule has 0 bridgehead atoms. The van der Waals surface area contributed by atoms with Crippen LogP contribution in [0.15, 0.2) is 18.2 Å². The van der Waals surface area contributed by atoms with Gasteiger partial charge in [0.25, 0.3) is 0 Å². The van der Waals surface area contributed by atoms with Crippen LogP contribution in [0.1, 0.15) is 38.2 Å². The van der Waals surface area contributed by atoms with E-state index >= 15 is 0 Å². The van der Waals surface area contributed by atoms with Crippen molar-refractivity contribution in [2.45, 2.75) is 45.1 Å². The molecule has 1 N–H and O–H groups in total. The molecular weight excluding hydrogens is 267 g/mol. The lowest BCUT2D eigenvalue weighted by molar-refractivity contribution is 0.0761. The number of hydrogen-bond donors (Lipinski definition) is 1. The van der Waals surface area contributed by atoms with Crippen LogP contribution in [0.25, 0.3) is 0 Å². The van der Waals surface area contributed by atoms with E-state index in [0.717, 1.165) is 24.3 Å². The Bertz CT molecular complexity index is 397. The minimum absolute atomic E-state index is 0.255. The smallest absolute Gasteiger partial charge is 0.0608 e. The molecule has 3 heteroatoms. The molecule has 1 atom stereocenters. The van der Waals surface area contributed by atoms with Crippen LogP contribution in [0.4, 0.5) is 0 Å². The highest BCUT2D eigenvalue weighted by Crippen LogP contribution is 2.32. The van der Waals surface area contributed by atoms with Crippen LogP contribution in [0.3, 0.4) is 0 Å². The Morgan fingerprint density at radius 3 is 2.44 bits per heavy atom. The van der Waals surface area contributed by atoms with Gasteiger partial charge in [-0.2, -0.15) is 0 Å². The molecule has 0 heterocycles. The minimum Gasteiger partial charge on any atom is -0.392 e. The molecule has 0 aromatic heterocycles.